The van der Waals surface area contributed by atoms with Crippen LogP contribution in [0.15, 0.2) is 12.3 Å². The molecule has 0 saturated heterocycles. The van der Waals surface area contributed by atoms with Gasteiger partial charge in [0.05, 0.1) is 23.8 Å². The number of nitrogens with zero attached hydrogens (tertiary/aromatic N) is 3. The van der Waals surface area contributed by atoms with Gasteiger partial charge in [-0.2, -0.15) is 5.10 Å². The molecule has 23 heavy (non-hydrogen) atoms. The first-order valence-electron chi connectivity index (χ1n) is 7.32. The first kappa shape index (κ1) is 16.9. The smallest absolute Gasteiger partial charge is 0.329 e. The van der Waals surface area contributed by atoms with Crippen molar-refractivity contribution in [1.29, 1.82) is 0 Å². The Morgan fingerprint density at radius 1 is 1.43 bits per heavy atom. The zero-order valence-corrected chi connectivity index (χ0v) is 13.4. The maximum atomic E-state index is 12.3. The predicted octanol–water partition coefficient (Wildman–Crippen LogP) is 1.15. The van der Waals surface area contributed by atoms with Gasteiger partial charge in [-0.05, 0) is 26.8 Å². The van der Waals surface area contributed by atoms with Crippen LogP contribution >= 0.6 is 0 Å². The minimum Gasteiger partial charge on any atom is -0.480 e. The number of carbonyl (C=O) groups excluding carboxylic acids is 1. The number of fused-ring (bicyclic) bond motifs is 1. The second-order valence-electron chi connectivity index (χ2n) is 5.43. The SMILES string of the molecule is Cc1cc(C(=O)NCCOCC(=O)O)c2cnn(C(C)C)c2n1. The van der Waals surface area contributed by atoms with Gasteiger partial charge in [0.1, 0.15) is 6.61 Å². The summed E-state index contributed by atoms with van der Waals surface area (Å²) in [6, 6.07) is 1.85. The topological polar surface area (TPSA) is 106 Å². The predicted molar refractivity (Wildman–Crippen MR) is 83.4 cm³/mol. The Kier molecular flexibility index (Phi) is 5.28. The molecule has 2 heterocycles. The highest BCUT2D eigenvalue weighted by atomic mass is 16.5. The van der Waals surface area contributed by atoms with Crippen molar-refractivity contribution in [2.24, 2.45) is 0 Å². The molecular weight excluding hydrogens is 300 g/mol. The first-order valence-corrected chi connectivity index (χ1v) is 7.32. The fourth-order valence-corrected chi connectivity index (χ4v) is 2.20. The standard InChI is InChI=1S/C15H20N4O4/c1-9(2)19-14-12(7-17-19)11(6-10(3)18-14)15(22)16-4-5-23-8-13(20)21/h6-7,9H,4-5,8H2,1-3H3,(H,16,22)(H,20,21). The van der Waals surface area contributed by atoms with E-state index in [0.29, 0.717) is 16.6 Å². The summed E-state index contributed by atoms with van der Waals surface area (Å²) < 4.78 is 6.66. The Morgan fingerprint density at radius 2 is 2.17 bits per heavy atom. The second kappa shape index (κ2) is 7.19. The van der Waals surface area contributed by atoms with Crippen LogP contribution in [0.25, 0.3) is 11.0 Å². The number of amides is 1. The summed E-state index contributed by atoms with van der Waals surface area (Å²) in [5.41, 5.74) is 1.90. The lowest BCUT2D eigenvalue weighted by molar-refractivity contribution is -0.142. The van der Waals surface area contributed by atoms with Crippen molar-refractivity contribution in [3.8, 4) is 0 Å². The number of aryl methyl sites for hydroxylation is 1. The quantitative estimate of drug-likeness (QED) is 0.741. The minimum absolute atomic E-state index is 0.135. The number of pyridine rings is 1. The van der Waals surface area contributed by atoms with Gasteiger partial charge in [-0.1, -0.05) is 0 Å². The molecular formula is C15H20N4O4. The molecule has 0 spiro atoms. The van der Waals surface area contributed by atoms with Crippen LogP contribution in [0.1, 0.15) is 35.9 Å². The number of hydrogen-bond donors (Lipinski definition) is 2. The van der Waals surface area contributed by atoms with Gasteiger partial charge in [-0.25, -0.2) is 14.5 Å². The lowest BCUT2D eigenvalue weighted by Gasteiger charge is -2.09. The molecule has 8 nitrogen and oxygen atoms in total. The zero-order chi connectivity index (χ0) is 17.0. The summed E-state index contributed by atoms with van der Waals surface area (Å²) in [6.45, 7) is 5.80. The van der Waals surface area contributed by atoms with E-state index in [-0.39, 0.29) is 31.7 Å². The zero-order valence-electron chi connectivity index (χ0n) is 13.4. The number of carboxylic acid groups (broad SMARTS) is 1. The van der Waals surface area contributed by atoms with Crippen LogP contribution in [-0.4, -0.2) is 51.5 Å². The van der Waals surface area contributed by atoms with E-state index in [9.17, 15) is 9.59 Å². The highest BCUT2D eigenvalue weighted by molar-refractivity contribution is 6.05. The Bertz CT molecular complexity index is 724. The maximum Gasteiger partial charge on any atom is 0.329 e. The summed E-state index contributed by atoms with van der Waals surface area (Å²) in [5, 5.41) is 16.2. The number of hydrogen-bond acceptors (Lipinski definition) is 5. The van der Waals surface area contributed by atoms with Crippen LogP contribution in [-0.2, 0) is 9.53 Å². The van der Waals surface area contributed by atoms with Crippen molar-refractivity contribution >= 4 is 22.9 Å². The molecule has 0 unspecified atom stereocenters. The monoisotopic (exact) mass is 320 g/mol. The van der Waals surface area contributed by atoms with Gasteiger partial charge in [0.25, 0.3) is 5.91 Å². The van der Waals surface area contributed by atoms with Gasteiger partial charge in [0.2, 0.25) is 0 Å². The summed E-state index contributed by atoms with van der Waals surface area (Å²) in [6.07, 6.45) is 1.64. The summed E-state index contributed by atoms with van der Waals surface area (Å²) in [5.74, 6) is -1.30. The molecule has 2 aromatic heterocycles. The van der Waals surface area contributed by atoms with E-state index < -0.39 is 5.97 Å². The Labute approximate surface area is 133 Å². The molecule has 0 aromatic carbocycles. The number of aliphatic carboxylic acids is 1. The average molecular weight is 320 g/mol. The largest absolute Gasteiger partial charge is 0.480 e. The Balaban J connectivity index is 2.12. The van der Waals surface area contributed by atoms with E-state index >= 15 is 0 Å². The van der Waals surface area contributed by atoms with Gasteiger partial charge < -0.3 is 15.2 Å². The lowest BCUT2D eigenvalue weighted by Crippen LogP contribution is -2.28. The van der Waals surface area contributed by atoms with Crippen LogP contribution in [0.4, 0.5) is 0 Å². The second-order valence-corrected chi connectivity index (χ2v) is 5.43. The number of carboxylic acids is 1. The molecule has 0 aliphatic heterocycles. The van der Waals surface area contributed by atoms with E-state index in [0.717, 1.165) is 5.69 Å². The number of carbonyl (C=O) groups is 2. The van der Waals surface area contributed by atoms with Crippen LogP contribution in [0.3, 0.4) is 0 Å². The van der Waals surface area contributed by atoms with Gasteiger partial charge in [-0.15, -0.1) is 0 Å². The lowest BCUT2D eigenvalue weighted by atomic mass is 10.1. The molecule has 124 valence electrons. The summed E-state index contributed by atoms with van der Waals surface area (Å²) in [7, 11) is 0. The molecule has 8 heteroatoms. The molecule has 2 N–H and O–H groups in total. The maximum absolute atomic E-state index is 12.3. The fraction of sp³-hybridized carbons (Fsp3) is 0.467. The number of ether oxygens (including phenoxy) is 1. The van der Waals surface area contributed by atoms with Crippen molar-refractivity contribution in [2.75, 3.05) is 19.8 Å². The molecule has 0 aliphatic rings. The Morgan fingerprint density at radius 3 is 2.83 bits per heavy atom. The van der Waals surface area contributed by atoms with Crippen molar-refractivity contribution in [3.05, 3.63) is 23.5 Å². The Hall–Kier alpha value is -2.48. The van der Waals surface area contributed by atoms with E-state index in [4.69, 9.17) is 9.84 Å². The molecule has 0 fully saturated rings. The molecule has 0 bridgehead atoms. The normalized spacial score (nSPS) is 11.1. The molecule has 0 radical (unpaired) electrons. The van der Waals surface area contributed by atoms with Gasteiger partial charge in [0, 0.05) is 18.3 Å². The van der Waals surface area contributed by atoms with Crippen LogP contribution in [0.2, 0.25) is 0 Å². The minimum atomic E-state index is -1.04. The average Bonchev–Trinajstić information content (AvgIpc) is 2.89. The third kappa shape index (κ3) is 4.04. The van der Waals surface area contributed by atoms with Crippen LogP contribution < -0.4 is 5.32 Å². The number of rotatable bonds is 7. The van der Waals surface area contributed by atoms with Gasteiger partial charge in [0.15, 0.2) is 5.65 Å². The van der Waals surface area contributed by atoms with E-state index in [1.54, 1.807) is 16.9 Å². The van der Waals surface area contributed by atoms with Gasteiger partial charge >= 0.3 is 5.97 Å². The number of nitrogens with one attached hydrogen (secondary N) is 1. The number of aromatic nitrogens is 3. The van der Waals surface area contributed by atoms with Crippen LogP contribution in [0.5, 0.6) is 0 Å². The highest BCUT2D eigenvalue weighted by Gasteiger charge is 2.16. The summed E-state index contributed by atoms with van der Waals surface area (Å²) >= 11 is 0. The third-order valence-corrected chi connectivity index (χ3v) is 3.19. The van der Waals surface area contributed by atoms with Crippen molar-refractivity contribution in [3.63, 3.8) is 0 Å². The fourth-order valence-electron chi connectivity index (χ4n) is 2.20. The molecule has 0 aliphatic carbocycles. The van der Waals surface area contributed by atoms with Gasteiger partial charge in [-0.3, -0.25) is 4.79 Å². The van der Waals surface area contributed by atoms with E-state index in [2.05, 4.69) is 15.4 Å². The third-order valence-electron chi connectivity index (χ3n) is 3.19. The van der Waals surface area contributed by atoms with Crippen LogP contribution in [0, 0.1) is 6.92 Å². The molecule has 0 atom stereocenters. The van der Waals surface area contributed by atoms with E-state index in [1.165, 1.54) is 0 Å². The van der Waals surface area contributed by atoms with Crippen molar-refractivity contribution in [1.82, 2.24) is 20.1 Å². The molecule has 0 saturated carbocycles. The van der Waals surface area contributed by atoms with Crippen molar-refractivity contribution in [2.45, 2.75) is 26.8 Å². The molecule has 2 aromatic rings. The van der Waals surface area contributed by atoms with E-state index in [1.807, 2.05) is 20.8 Å². The first-order chi connectivity index (χ1) is 10.9. The molecule has 2 rings (SSSR count). The van der Waals surface area contributed by atoms with Crippen molar-refractivity contribution < 1.29 is 19.4 Å². The highest BCUT2D eigenvalue weighted by Crippen LogP contribution is 2.20. The molecule has 1 amide bonds. The summed E-state index contributed by atoms with van der Waals surface area (Å²) in [4.78, 5) is 27.1.